The number of piperidine rings is 2. The highest BCUT2D eigenvalue weighted by Crippen LogP contribution is 2.40. The van der Waals surface area contributed by atoms with Crippen LogP contribution < -0.4 is 0 Å². The maximum Gasteiger partial charge on any atom is 0.227 e. The lowest BCUT2D eigenvalue weighted by molar-refractivity contribution is -0.141. The molecule has 2 heterocycles. The van der Waals surface area contributed by atoms with Gasteiger partial charge in [0.25, 0.3) is 0 Å². The van der Waals surface area contributed by atoms with Crippen molar-refractivity contribution < 1.29 is 9.59 Å². The lowest BCUT2D eigenvalue weighted by atomic mass is 9.69. The second-order valence-electron chi connectivity index (χ2n) is 13.6. The Bertz CT molecular complexity index is 636. The summed E-state index contributed by atoms with van der Waals surface area (Å²) >= 11 is 0. The van der Waals surface area contributed by atoms with Crippen LogP contribution in [-0.2, 0) is 9.59 Å². The Balaban J connectivity index is 1.29. The summed E-state index contributed by atoms with van der Waals surface area (Å²) in [5.74, 6) is 3.42. The monoisotopic (exact) mass is 460 g/mol. The van der Waals surface area contributed by atoms with Gasteiger partial charge in [-0.1, -0.05) is 60.8 Å². The van der Waals surface area contributed by atoms with E-state index < -0.39 is 0 Å². The van der Waals surface area contributed by atoms with Crippen molar-refractivity contribution in [3.05, 3.63) is 0 Å². The lowest BCUT2D eigenvalue weighted by Crippen LogP contribution is -2.44. The molecule has 2 saturated heterocycles. The van der Waals surface area contributed by atoms with Gasteiger partial charge in [0.05, 0.1) is 0 Å². The standard InChI is InChI=1S/C29H52N2O2/c1-28(2,3)25-12-10-24(11-13-25)26(32)30-18-14-22(15-19-30)8-7-9-23-16-20-31(21-17-23)27(33)29(4,5)6/h22-25H,7-21H2,1-6H3. The maximum absolute atomic E-state index is 13.1. The van der Waals surface area contributed by atoms with Gasteiger partial charge in [-0.25, -0.2) is 0 Å². The van der Waals surface area contributed by atoms with Gasteiger partial charge in [0.1, 0.15) is 0 Å². The third kappa shape index (κ3) is 7.46. The van der Waals surface area contributed by atoms with Gasteiger partial charge in [-0.3, -0.25) is 9.59 Å². The summed E-state index contributed by atoms with van der Waals surface area (Å²) < 4.78 is 0. The molecule has 0 aromatic carbocycles. The molecule has 1 saturated carbocycles. The quantitative estimate of drug-likeness (QED) is 0.468. The van der Waals surface area contributed by atoms with E-state index in [4.69, 9.17) is 0 Å². The Labute approximate surface area is 204 Å². The molecule has 3 fully saturated rings. The minimum Gasteiger partial charge on any atom is -0.342 e. The molecule has 1 aliphatic carbocycles. The molecule has 0 N–H and O–H groups in total. The second-order valence-corrected chi connectivity index (χ2v) is 13.6. The van der Waals surface area contributed by atoms with Gasteiger partial charge in [-0.2, -0.15) is 0 Å². The summed E-state index contributed by atoms with van der Waals surface area (Å²) in [6.07, 6.45) is 13.3. The van der Waals surface area contributed by atoms with Crippen LogP contribution in [0.3, 0.4) is 0 Å². The van der Waals surface area contributed by atoms with Gasteiger partial charge in [-0.05, 0) is 74.5 Å². The molecule has 3 aliphatic rings. The number of hydrogen-bond acceptors (Lipinski definition) is 2. The predicted octanol–water partition coefficient (Wildman–Crippen LogP) is 6.53. The van der Waals surface area contributed by atoms with Crippen LogP contribution in [-0.4, -0.2) is 47.8 Å². The summed E-state index contributed by atoms with van der Waals surface area (Å²) in [7, 11) is 0. The average Bonchev–Trinajstić information content (AvgIpc) is 2.78. The Hall–Kier alpha value is -1.06. The zero-order chi connectivity index (χ0) is 24.2. The van der Waals surface area contributed by atoms with E-state index in [0.717, 1.165) is 56.8 Å². The van der Waals surface area contributed by atoms with E-state index in [2.05, 4.69) is 30.6 Å². The first kappa shape index (κ1) is 26.5. The summed E-state index contributed by atoms with van der Waals surface area (Å²) in [6, 6.07) is 0. The van der Waals surface area contributed by atoms with Crippen molar-refractivity contribution in [2.75, 3.05) is 26.2 Å². The molecule has 190 valence electrons. The van der Waals surface area contributed by atoms with Crippen LogP contribution in [0.1, 0.15) is 112 Å². The number of carbonyl (C=O) groups is 2. The molecule has 33 heavy (non-hydrogen) atoms. The topological polar surface area (TPSA) is 40.6 Å². The van der Waals surface area contributed by atoms with Gasteiger partial charge < -0.3 is 9.80 Å². The van der Waals surface area contributed by atoms with Crippen LogP contribution in [0.2, 0.25) is 0 Å². The van der Waals surface area contributed by atoms with Crippen molar-refractivity contribution in [3.8, 4) is 0 Å². The zero-order valence-corrected chi connectivity index (χ0v) is 22.6. The molecule has 2 aliphatic heterocycles. The van der Waals surface area contributed by atoms with E-state index in [9.17, 15) is 9.59 Å². The highest BCUT2D eigenvalue weighted by molar-refractivity contribution is 5.81. The molecule has 0 aromatic heterocycles. The number of carbonyl (C=O) groups excluding carboxylic acids is 2. The molecule has 0 aromatic rings. The van der Waals surface area contributed by atoms with Crippen LogP contribution in [0.5, 0.6) is 0 Å². The first-order chi connectivity index (χ1) is 15.4. The molecule has 0 unspecified atom stereocenters. The molecular formula is C29H52N2O2. The minimum absolute atomic E-state index is 0.255. The first-order valence-electron chi connectivity index (χ1n) is 14.0. The van der Waals surface area contributed by atoms with Crippen molar-refractivity contribution in [2.45, 2.75) is 112 Å². The number of rotatable bonds is 5. The van der Waals surface area contributed by atoms with Crippen molar-refractivity contribution in [2.24, 2.45) is 34.5 Å². The largest absolute Gasteiger partial charge is 0.342 e. The van der Waals surface area contributed by atoms with Crippen molar-refractivity contribution in [1.82, 2.24) is 9.80 Å². The van der Waals surface area contributed by atoms with E-state index in [0.29, 0.717) is 17.2 Å². The molecule has 0 spiro atoms. The van der Waals surface area contributed by atoms with E-state index in [-0.39, 0.29) is 11.3 Å². The number of hydrogen-bond donors (Lipinski definition) is 0. The summed E-state index contributed by atoms with van der Waals surface area (Å²) in [5, 5.41) is 0. The van der Waals surface area contributed by atoms with E-state index in [1.807, 2.05) is 20.8 Å². The summed E-state index contributed by atoms with van der Waals surface area (Å²) in [5.41, 5.74) is 0.127. The Morgan fingerprint density at radius 3 is 1.55 bits per heavy atom. The molecule has 0 atom stereocenters. The van der Waals surface area contributed by atoms with Gasteiger partial charge >= 0.3 is 0 Å². The van der Waals surface area contributed by atoms with Gasteiger partial charge in [-0.15, -0.1) is 0 Å². The van der Waals surface area contributed by atoms with Crippen molar-refractivity contribution >= 4 is 11.8 Å². The fourth-order valence-electron chi connectivity index (χ4n) is 6.50. The number of nitrogens with zero attached hydrogens (tertiary/aromatic N) is 2. The predicted molar refractivity (Wildman–Crippen MR) is 137 cm³/mol. The second kappa shape index (κ2) is 11.1. The Kier molecular flexibility index (Phi) is 8.94. The fourth-order valence-corrected chi connectivity index (χ4v) is 6.50. The molecule has 4 nitrogen and oxygen atoms in total. The average molecular weight is 461 g/mol. The van der Waals surface area contributed by atoms with E-state index in [1.54, 1.807) is 0 Å². The van der Waals surface area contributed by atoms with Crippen LogP contribution in [0.25, 0.3) is 0 Å². The number of likely N-dealkylation sites (tertiary alicyclic amines) is 2. The zero-order valence-electron chi connectivity index (χ0n) is 22.6. The summed E-state index contributed by atoms with van der Waals surface area (Å²) in [4.78, 5) is 29.8. The van der Waals surface area contributed by atoms with Crippen LogP contribution in [0, 0.1) is 34.5 Å². The lowest BCUT2D eigenvalue weighted by Gasteiger charge is -2.39. The molecule has 2 amide bonds. The normalized spacial score (nSPS) is 26.5. The van der Waals surface area contributed by atoms with Gasteiger partial charge in [0.15, 0.2) is 0 Å². The minimum atomic E-state index is -0.255. The van der Waals surface area contributed by atoms with E-state index >= 15 is 0 Å². The van der Waals surface area contributed by atoms with Crippen molar-refractivity contribution in [1.29, 1.82) is 0 Å². The molecule has 0 radical (unpaired) electrons. The van der Waals surface area contributed by atoms with Crippen LogP contribution >= 0.6 is 0 Å². The van der Waals surface area contributed by atoms with Gasteiger partial charge in [0.2, 0.25) is 11.8 Å². The SMILES string of the molecule is CC(C)(C)C(=O)N1CCC(CCCC2CCN(C(=O)C3CCC(C(C)(C)C)CC3)CC2)CC1. The molecular weight excluding hydrogens is 408 g/mol. The van der Waals surface area contributed by atoms with Crippen molar-refractivity contribution in [3.63, 3.8) is 0 Å². The van der Waals surface area contributed by atoms with Gasteiger partial charge in [0, 0.05) is 37.5 Å². The smallest absolute Gasteiger partial charge is 0.227 e. The first-order valence-corrected chi connectivity index (χ1v) is 14.0. The van der Waals surface area contributed by atoms with E-state index in [1.165, 1.54) is 57.8 Å². The third-order valence-corrected chi connectivity index (χ3v) is 9.00. The highest BCUT2D eigenvalue weighted by Gasteiger charge is 2.35. The van der Waals surface area contributed by atoms with Crippen LogP contribution in [0.4, 0.5) is 0 Å². The number of amides is 2. The molecule has 3 rings (SSSR count). The maximum atomic E-state index is 13.1. The molecule has 4 heteroatoms. The Morgan fingerprint density at radius 2 is 1.12 bits per heavy atom. The summed E-state index contributed by atoms with van der Waals surface area (Å²) in [6.45, 7) is 17.0. The van der Waals surface area contributed by atoms with Crippen LogP contribution in [0.15, 0.2) is 0 Å². The fraction of sp³-hybridized carbons (Fsp3) is 0.931. The third-order valence-electron chi connectivity index (χ3n) is 9.00. The Morgan fingerprint density at radius 1 is 0.667 bits per heavy atom. The molecule has 0 bridgehead atoms. The highest BCUT2D eigenvalue weighted by atomic mass is 16.2.